The van der Waals surface area contributed by atoms with E-state index < -0.39 is 6.09 Å². The molecule has 3 N–H and O–H groups in total. The molecule has 2 unspecified atom stereocenters. The van der Waals surface area contributed by atoms with Gasteiger partial charge in [0.15, 0.2) is 0 Å². The Bertz CT molecular complexity index is 1290. The van der Waals surface area contributed by atoms with Gasteiger partial charge in [0.25, 0.3) is 0 Å². The summed E-state index contributed by atoms with van der Waals surface area (Å²) in [6.45, 7) is 2.63. The maximum atomic E-state index is 12.8. The number of aromatic nitrogens is 2. The van der Waals surface area contributed by atoms with Crippen molar-refractivity contribution in [2.45, 2.75) is 45.1 Å². The van der Waals surface area contributed by atoms with Gasteiger partial charge in [0.2, 0.25) is 5.91 Å². The molecular weight excluding hydrogens is 476 g/mol. The molecule has 188 valence electrons. The fourth-order valence-corrected chi connectivity index (χ4v) is 5.77. The second kappa shape index (κ2) is 11.3. The van der Waals surface area contributed by atoms with Gasteiger partial charge in [-0.2, -0.15) is 5.10 Å². The van der Waals surface area contributed by atoms with E-state index in [1.807, 2.05) is 26.1 Å². The first-order valence-electron chi connectivity index (χ1n) is 11.9. The molecule has 1 aliphatic carbocycles. The van der Waals surface area contributed by atoms with Crippen LogP contribution in [0.25, 0.3) is 0 Å². The van der Waals surface area contributed by atoms with Gasteiger partial charge in [-0.05, 0) is 60.4 Å². The first kappa shape index (κ1) is 25.3. The number of carbonyl (C=O) groups excluding carboxylic acids is 2. The third kappa shape index (κ3) is 6.07. The number of thiophene rings is 1. The Morgan fingerprint density at radius 2 is 2.22 bits per heavy atom. The number of alkyl carbamates (subject to hydrolysis) is 1. The van der Waals surface area contributed by atoms with E-state index >= 15 is 0 Å². The number of hydrogen-bond acceptors (Lipinski definition) is 6. The minimum absolute atomic E-state index is 0.0495. The summed E-state index contributed by atoms with van der Waals surface area (Å²) in [4.78, 5) is 26.0. The molecule has 2 aromatic heterocycles. The molecule has 2 heterocycles. The molecule has 3 aromatic rings. The van der Waals surface area contributed by atoms with Gasteiger partial charge in [0, 0.05) is 24.5 Å². The van der Waals surface area contributed by atoms with Crippen LogP contribution in [-0.4, -0.2) is 33.5 Å². The highest BCUT2D eigenvalue weighted by atomic mass is 32.1. The maximum absolute atomic E-state index is 12.8. The number of benzene rings is 1. The first-order chi connectivity index (χ1) is 17.3. The summed E-state index contributed by atoms with van der Waals surface area (Å²) in [5, 5.41) is 20.2. The Morgan fingerprint density at radius 3 is 2.94 bits per heavy atom. The molecule has 0 aliphatic heterocycles. The highest BCUT2D eigenvalue weighted by Gasteiger charge is 2.27. The minimum atomic E-state index is -0.453. The van der Waals surface area contributed by atoms with Crippen LogP contribution in [-0.2, 0) is 36.0 Å². The van der Waals surface area contributed by atoms with Gasteiger partial charge in [-0.3, -0.25) is 9.48 Å². The third-order valence-electron chi connectivity index (χ3n) is 6.48. The number of phenols is 1. The number of terminal acetylenes is 1. The molecule has 2 amide bonds. The monoisotopic (exact) mass is 506 g/mol. The van der Waals surface area contributed by atoms with Crippen LogP contribution in [0.15, 0.2) is 36.5 Å². The second-order valence-electron chi connectivity index (χ2n) is 9.11. The zero-order valence-corrected chi connectivity index (χ0v) is 21.2. The third-order valence-corrected chi connectivity index (χ3v) is 7.65. The Kier molecular flexibility index (Phi) is 7.96. The van der Waals surface area contributed by atoms with Crippen LogP contribution in [0.4, 0.5) is 9.80 Å². The molecule has 0 fully saturated rings. The Balaban J connectivity index is 1.31. The van der Waals surface area contributed by atoms with Crippen molar-refractivity contribution in [3.05, 3.63) is 63.8 Å². The number of carbonyl (C=O) groups is 2. The molecule has 0 saturated carbocycles. The van der Waals surface area contributed by atoms with E-state index in [1.165, 1.54) is 11.3 Å². The molecule has 8 nitrogen and oxygen atoms in total. The summed E-state index contributed by atoms with van der Waals surface area (Å²) in [5.74, 6) is 2.97. The van der Waals surface area contributed by atoms with Gasteiger partial charge in [0.1, 0.15) is 10.8 Å². The van der Waals surface area contributed by atoms with E-state index in [1.54, 1.807) is 29.1 Å². The number of hydrogen-bond donors (Lipinski definition) is 3. The van der Waals surface area contributed by atoms with Crippen LogP contribution in [0, 0.1) is 18.3 Å². The summed E-state index contributed by atoms with van der Waals surface area (Å²) in [5.41, 5.74) is 3.65. The molecule has 36 heavy (non-hydrogen) atoms. The summed E-state index contributed by atoms with van der Waals surface area (Å²) in [6.07, 6.45) is 9.71. The number of nitrogens with zero attached hydrogens (tertiary/aromatic N) is 2. The number of anilines is 1. The zero-order valence-electron chi connectivity index (χ0n) is 20.4. The number of amides is 2. The van der Waals surface area contributed by atoms with Crippen molar-refractivity contribution in [1.29, 1.82) is 0 Å². The fourth-order valence-electron chi connectivity index (χ4n) is 4.42. The molecule has 0 spiro atoms. The number of aryl methyl sites for hydroxylation is 1. The van der Waals surface area contributed by atoms with Crippen LogP contribution < -0.4 is 10.6 Å². The van der Waals surface area contributed by atoms with Crippen LogP contribution in [0.5, 0.6) is 5.75 Å². The smallest absolute Gasteiger partial charge is 0.407 e. The highest BCUT2D eigenvalue weighted by Crippen LogP contribution is 2.39. The fraction of sp³-hybridized carbons (Fsp3) is 0.370. The average Bonchev–Trinajstić information content (AvgIpc) is 3.42. The van der Waals surface area contributed by atoms with E-state index in [0.29, 0.717) is 18.2 Å². The largest absolute Gasteiger partial charge is 0.508 e. The Morgan fingerprint density at radius 1 is 1.39 bits per heavy atom. The van der Waals surface area contributed by atoms with Gasteiger partial charge in [0.05, 0.1) is 24.4 Å². The number of ether oxygens (including phenoxy) is 1. The summed E-state index contributed by atoms with van der Waals surface area (Å²) in [6, 6.07) is 8.80. The van der Waals surface area contributed by atoms with Crippen molar-refractivity contribution in [3.63, 3.8) is 0 Å². The predicted molar refractivity (Wildman–Crippen MR) is 139 cm³/mol. The normalized spacial score (nSPS) is 15.4. The topological polar surface area (TPSA) is 105 Å². The number of nitrogens with one attached hydrogen (secondary N) is 2. The number of fused-ring (bicyclic) bond motifs is 1. The average molecular weight is 507 g/mol. The summed E-state index contributed by atoms with van der Waals surface area (Å²) < 4.78 is 7.15. The standard InChI is InChI=1S/C27H30N4O4S/c1-4-22-23-9-8-18(16-35-27(34)28-15-20-10-11-29-31(20)3)13-24(23)36-26(22)30-25(33)12-17(2)19-6-5-7-21(32)14-19/h1,5-7,10-11,14,17-18,32H,8-9,12-13,15-16H2,2-3H3,(H,28,34)(H,30,33). The Hall–Kier alpha value is -3.77. The van der Waals surface area contributed by atoms with Crippen molar-refractivity contribution < 1.29 is 19.4 Å². The minimum Gasteiger partial charge on any atom is -0.508 e. The van der Waals surface area contributed by atoms with Crippen LogP contribution >= 0.6 is 11.3 Å². The predicted octanol–water partition coefficient (Wildman–Crippen LogP) is 4.33. The molecule has 0 bridgehead atoms. The molecule has 4 rings (SSSR count). The van der Waals surface area contributed by atoms with Gasteiger partial charge in [-0.15, -0.1) is 17.8 Å². The molecule has 1 aromatic carbocycles. The summed E-state index contributed by atoms with van der Waals surface area (Å²) >= 11 is 1.51. The first-order valence-corrected chi connectivity index (χ1v) is 12.7. The molecule has 2 atom stereocenters. The van der Waals surface area contributed by atoms with Gasteiger partial charge in [-0.25, -0.2) is 4.79 Å². The molecular formula is C27H30N4O4S. The highest BCUT2D eigenvalue weighted by molar-refractivity contribution is 7.16. The molecule has 9 heteroatoms. The van der Waals surface area contributed by atoms with Crippen molar-refractivity contribution in [2.75, 3.05) is 11.9 Å². The van der Waals surface area contributed by atoms with Gasteiger partial charge < -0.3 is 20.5 Å². The quantitative estimate of drug-likeness (QED) is 0.395. The van der Waals surface area contributed by atoms with E-state index in [4.69, 9.17) is 11.2 Å². The zero-order chi connectivity index (χ0) is 25.7. The van der Waals surface area contributed by atoms with Crippen LogP contribution in [0.1, 0.15) is 52.9 Å². The van der Waals surface area contributed by atoms with E-state index in [0.717, 1.165) is 46.5 Å². The van der Waals surface area contributed by atoms with Crippen LogP contribution in [0.3, 0.4) is 0 Å². The van der Waals surface area contributed by atoms with Crippen molar-refractivity contribution in [3.8, 4) is 18.1 Å². The maximum Gasteiger partial charge on any atom is 0.407 e. The van der Waals surface area contributed by atoms with Gasteiger partial charge >= 0.3 is 6.09 Å². The number of aromatic hydroxyl groups is 1. The lowest BCUT2D eigenvalue weighted by Crippen LogP contribution is -2.28. The van der Waals surface area contributed by atoms with E-state index in [-0.39, 0.29) is 29.9 Å². The van der Waals surface area contributed by atoms with E-state index in [2.05, 4.69) is 21.7 Å². The molecule has 0 saturated heterocycles. The lowest BCUT2D eigenvalue weighted by molar-refractivity contribution is -0.116. The number of rotatable bonds is 8. The van der Waals surface area contributed by atoms with Crippen molar-refractivity contribution in [1.82, 2.24) is 15.1 Å². The van der Waals surface area contributed by atoms with Crippen LogP contribution in [0.2, 0.25) is 0 Å². The lowest BCUT2D eigenvalue weighted by Gasteiger charge is -2.22. The van der Waals surface area contributed by atoms with Gasteiger partial charge in [-0.1, -0.05) is 25.0 Å². The molecule has 0 radical (unpaired) electrons. The molecule has 1 aliphatic rings. The number of phenolic OH excluding ortho intramolecular Hbond substituents is 1. The SMILES string of the molecule is C#Cc1c(NC(=O)CC(C)c2cccc(O)c2)sc2c1CCC(COC(=O)NCc1ccnn1C)C2. The van der Waals surface area contributed by atoms with Crippen molar-refractivity contribution >= 4 is 28.3 Å². The van der Waals surface area contributed by atoms with Crippen molar-refractivity contribution in [2.24, 2.45) is 13.0 Å². The lowest BCUT2D eigenvalue weighted by atomic mass is 9.87. The second-order valence-corrected chi connectivity index (χ2v) is 10.2. The summed E-state index contributed by atoms with van der Waals surface area (Å²) in [7, 11) is 1.82. The van der Waals surface area contributed by atoms with E-state index in [9.17, 15) is 14.7 Å². The Labute approximate surface area is 214 Å².